The molecule has 5 nitrogen and oxygen atoms in total. The first-order chi connectivity index (χ1) is 7.49. The summed E-state index contributed by atoms with van der Waals surface area (Å²) in [6.07, 6.45) is 0.240. The molecule has 86 valence electrons. The van der Waals surface area contributed by atoms with Gasteiger partial charge in [0.25, 0.3) is 0 Å². The molecule has 0 spiro atoms. The van der Waals surface area contributed by atoms with E-state index in [0.717, 1.165) is 5.56 Å². The molecule has 0 bridgehead atoms. The summed E-state index contributed by atoms with van der Waals surface area (Å²) in [5.41, 5.74) is 12.0. The molecule has 4 N–H and O–H groups in total. The van der Waals surface area contributed by atoms with Gasteiger partial charge in [0.15, 0.2) is 0 Å². The summed E-state index contributed by atoms with van der Waals surface area (Å²) in [4.78, 5) is 23.5. The summed E-state index contributed by atoms with van der Waals surface area (Å²) in [5.74, 6) is -0.670. The molecule has 0 aliphatic carbocycles. The molecule has 2 amide bonds. The maximum absolute atomic E-state index is 11.6. The summed E-state index contributed by atoms with van der Waals surface area (Å²) in [6, 6.07) is 7.03. The Morgan fingerprint density at radius 2 is 1.81 bits per heavy atom. The van der Waals surface area contributed by atoms with Gasteiger partial charge < -0.3 is 16.4 Å². The van der Waals surface area contributed by atoms with Crippen molar-refractivity contribution in [3.05, 3.63) is 29.8 Å². The Morgan fingerprint density at radius 3 is 2.31 bits per heavy atom. The summed E-state index contributed by atoms with van der Waals surface area (Å²) in [7, 11) is 1.55. The van der Waals surface area contributed by atoms with Crippen molar-refractivity contribution >= 4 is 17.5 Å². The van der Waals surface area contributed by atoms with Crippen LogP contribution in [0.25, 0.3) is 0 Å². The first kappa shape index (κ1) is 12.0. The lowest BCUT2D eigenvalue weighted by molar-refractivity contribution is -0.133. The van der Waals surface area contributed by atoms with Crippen LogP contribution in [0.2, 0.25) is 0 Å². The fourth-order valence-electron chi connectivity index (χ4n) is 1.27. The van der Waals surface area contributed by atoms with Gasteiger partial charge in [0, 0.05) is 12.7 Å². The number of primary amides is 1. The summed E-state index contributed by atoms with van der Waals surface area (Å²) in [5, 5.41) is 0. The highest BCUT2D eigenvalue weighted by molar-refractivity contribution is 5.84. The Hall–Kier alpha value is -2.04. The van der Waals surface area contributed by atoms with E-state index in [0.29, 0.717) is 5.69 Å². The zero-order valence-electron chi connectivity index (χ0n) is 9.14. The minimum atomic E-state index is -0.520. The number of rotatable bonds is 4. The normalized spacial score (nSPS) is 9.81. The van der Waals surface area contributed by atoms with Crippen LogP contribution in [-0.2, 0) is 16.0 Å². The molecule has 16 heavy (non-hydrogen) atoms. The van der Waals surface area contributed by atoms with Crippen LogP contribution in [0.5, 0.6) is 0 Å². The van der Waals surface area contributed by atoms with Gasteiger partial charge in [0.05, 0.1) is 13.0 Å². The van der Waals surface area contributed by atoms with E-state index in [-0.39, 0.29) is 18.9 Å². The monoisotopic (exact) mass is 221 g/mol. The van der Waals surface area contributed by atoms with E-state index in [4.69, 9.17) is 11.5 Å². The van der Waals surface area contributed by atoms with E-state index in [1.54, 1.807) is 31.3 Å². The van der Waals surface area contributed by atoms with Crippen molar-refractivity contribution < 1.29 is 9.59 Å². The van der Waals surface area contributed by atoms with Gasteiger partial charge in [0.1, 0.15) is 0 Å². The van der Waals surface area contributed by atoms with E-state index >= 15 is 0 Å². The fourth-order valence-corrected chi connectivity index (χ4v) is 1.27. The van der Waals surface area contributed by atoms with Gasteiger partial charge in [-0.3, -0.25) is 9.59 Å². The molecule has 0 aliphatic heterocycles. The van der Waals surface area contributed by atoms with Crippen LogP contribution in [0.4, 0.5) is 5.69 Å². The number of benzene rings is 1. The first-order valence-corrected chi connectivity index (χ1v) is 4.85. The molecule has 0 atom stereocenters. The quantitative estimate of drug-likeness (QED) is 0.687. The van der Waals surface area contributed by atoms with E-state index in [2.05, 4.69) is 0 Å². The molecule has 0 aliphatic rings. The molecule has 5 heteroatoms. The molecule has 0 saturated heterocycles. The second kappa shape index (κ2) is 5.16. The van der Waals surface area contributed by atoms with Crippen molar-refractivity contribution in [3.8, 4) is 0 Å². The molecule has 0 aromatic heterocycles. The maximum Gasteiger partial charge on any atom is 0.237 e. The molecule has 1 aromatic rings. The van der Waals surface area contributed by atoms with Crippen molar-refractivity contribution in [1.82, 2.24) is 4.90 Å². The zero-order chi connectivity index (χ0) is 12.1. The van der Waals surface area contributed by atoms with Crippen molar-refractivity contribution in [2.45, 2.75) is 6.42 Å². The Balaban J connectivity index is 2.57. The van der Waals surface area contributed by atoms with E-state index < -0.39 is 5.91 Å². The van der Waals surface area contributed by atoms with Crippen molar-refractivity contribution in [2.75, 3.05) is 19.3 Å². The molecule has 0 saturated carbocycles. The number of hydrogen-bond donors (Lipinski definition) is 2. The van der Waals surface area contributed by atoms with Gasteiger partial charge in [-0.1, -0.05) is 12.1 Å². The SMILES string of the molecule is CN(CC(N)=O)C(=O)Cc1ccc(N)cc1. The number of nitrogens with two attached hydrogens (primary N) is 2. The molecular formula is C11H15N3O2. The van der Waals surface area contributed by atoms with Crippen molar-refractivity contribution in [3.63, 3.8) is 0 Å². The van der Waals surface area contributed by atoms with Crippen LogP contribution in [0.1, 0.15) is 5.56 Å². The number of anilines is 1. The molecule has 0 radical (unpaired) electrons. The molecule has 0 heterocycles. The van der Waals surface area contributed by atoms with Gasteiger partial charge in [0.2, 0.25) is 11.8 Å². The third-order valence-corrected chi connectivity index (χ3v) is 2.15. The predicted molar refractivity (Wildman–Crippen MR) is 61.4 cm³/mol. The van der Waals surface area contributed by atoms with Crippen LogP contribution >= 0.6 is 0 Å². The van der Waals surface area contributed by atoms with Gasteiger partial charge in [-0.15, -0.1) is 0 Å². The smallest absolute Gasteiger partial charge is 0.237 e. The Kier molecular flexibility index (Phi) is 3.88. The highest BCUT2D eigenvalue weighted by atomic mass is 16.2. The minimum Gasteiger partial charge on any atom is -0.399 e. The third-order valence-electron chi connectivity index (χ3n) is 2.15. The number of likely N-dealkylation sites (N-methyl/N-ethyl adjacent to an activating group) is 1. The standard InChI is InChI=1S/C11H15N3O2/c1-14(7-10(13)15)11(16)6-8-2-4-9(12)5-3-8/h2-5H,6-7,12H2,1H3,(H2,13,15). The largest absolute Gasteiger partial charge is 0.399 e. The molecule has 1 aromatic carbocycles. The van der Waals surface area contributed by atoms with Gasteiger partial charge in [-0.05, 0) is 17.7 Å². The number of nitrogen functional groups attached to an aromatic ring is 1. The number of amides is 2. The first-order valence-electron chi connectivity index (χ1n) is 4.85. The van der Waals surface area contributed by atoms with Gasteiger partial charge in [-0.2, -0.15) is 0 Å². The van der Waals surface area contributed by atoms with Crippen LogP contribution in [0.15, 0.2) is 24.3 Å². The predicted octanol–water partition coefficient (Wildman–Crippen LogP) is -0.245. The number of nitrogens with zero attached hydrogens (tertiary/aromatic N) is 1. The van der Waals surface area contributed by atoms with Crippen LogP contribution in [0.3, 0.4) is 0 Å². The van der Waals surface area contributed by atoms with Crippen molar-refractivity contribution in [1.29, 1.82) is 0 Å². The lowest BCUT2D eigenvalue weighted by Crippen LogP contribution is -2.36. The fraction of sp³-hybridized carbons (Fsp3) is 0.273. The topological polar surface area (TPSA) is 89.4 Å². The number of hydrogen-bond acceptors (Lipinski definition) is 3. The van der Waals surface area contributed by atoms with Crippen LogP contribution in [-0.4, -0.2) is 30.3 Å². The molecule has 0 unspecified atom stereocenters. The number of carbonyl (C=O) groups is 2. The number of carbonyl (C=O) groups excluding carboxylic acids is 2. The lowest BCUT2D eigenvalue weighted by atomic mass is 10.1. The van der Waals surface area contributed by atoms with Crippen LogP contribution in [0, 0.1) is 0 Å². The maximum atomic E-state index is 11.6. The summed E-state index contributed by atoms with van der Waals surface area (Å²) < 4.78 is 0. The average molecular weight is 221 g/mol. The zero-order valence-corrected chi connectivity index (χ0v) is 9.14. The Labute approximate surface area is 94.0 Å². The molecule has 1 rings (SSSR count). The van der Waals surface area contributed by atoms with E-state index in [1.165, 1.54) is 4.90 Å². The lowest BCUT2D eigenvalue weighted by Gasteiger charge is -2.14. The second-order valence-corrected chi connectivity index (χ2v) is 3.63. The van der Waals surface area contributed by atoms with Gasteiger partial charge >= 0.3 is 0 Å². The molecular weight excluding hydrogens is 206 g/mol. The highest BCUT2D eigenvalue weighted by Gasteiger charge is 2.11. The highest BCUT2D eigenvalue weighted by Crippen LogP contribution is 2.07. The van der Waals surface area contributed by atoms with Crippen molar-refractivity contribution in [2.24, 2.45) is 5.73 Å². The Bertz CT molecular complexity index is 387. The summed E-state index contributed by atoms with van der Waals surface area (Å²) in [6.45, 7) is -0.0617. The third kappa shape index (κ3) is 3.61. The average Bonchev–Trinajstić information content (AvgIpc) is 2.20. The van der Waals surface area contributed by atoms with Gasteiger partial charge in [-0.25, -0.2) is 0 Å². The van der Waals surface area contributed by atoms with E-state index in [1.807, 2.05) is 0 Å². The second-order valence-electron chi connectivity index (χ2n) is 3.63. The Morgan fingerprint density at radius 1 is 1.25 bits per heavy atom. The minimum absolute atomic E-state index is 0.0617. The van der Waals surface area contributed by atoms with Crippen LogP contribution < -0.4 is 11.5 Å². The molecule has 0 fully saturated rings. The van der Waals surface area contributed by atoms with E-state index in [9.17, 15) is 9.59 Å². The summed E-state index contributed by atoms with van der Waals surface area (Å²) >= 11 is 0.